The molecule has 2 heterocycles. The number of carbonyl (C=O) groups is 1. The molecule has 2 aromatic heterocycles. The van der Waals surface area contributed by atoms with Gasteiger partial charge in [-0.2, -0.15) is 0 Å². The summed E-state index contributed by atoms with van der Waals surface area (Å²) in [5, 5.41) is 6.73. The molecule has 0 radical (unpaired) electrons. The smallest absolute Gasteiger partial charge is 0.263 e. The molecule has 0 saturated carbocycles. The van der Waals surface area contributed by atoms with Crippen molar-refractivity contribution in [3.05, 3.63) is 52.5 Å². The van der Waals surface area contributed by atoms with Crippen LogP contribution in [0.25, 0.3) is 0 Å². The van der Waals surface area contributed by atoms with Crippen molar-refractivity contribution < 1.29 is 13.2 Å². The van der Waals surface area contributed by atoms with Gasteiger partial charge in [0.1, 0.15) is 0 Å². The van der Waals surface area contributed by atoms with Crippen LogP contribution in [0.5, 0.6) is 0 Å². The zero-order valence-electron chi connectivity index (χ0n) is 13.2. The van der Waals surface area contributed by atoms with E-state index in [2.05, 4.69) is 20.0 Å². The van der Waals surface area contributed by atoms with Crippen LogP contribution in [0.1, 0.15) is 11.4 Å². The number of nitrogens with one attached hydrogen (secondary N) is 2. The van der Waals surface area contributed by atoms with Crippen molar-refractivity contribution in [2.45, 2.75) is 17.2 Å². The summed E-state index contributed by atoms with van der Waals surface area (Å²) >= 11 is 8.08. The quantitative estimate of drug-likeness (QED) is 0.562. The Morgan fingerprint density at radius 1 is 1.04 bits per heavy atom. The third-order valence-electron chi connectivity index (χ3n) is 3.10. The van der Waals surface area contributed by atoms with E-state index < -0.39 is 10.0 Å². The molecule has 3 rings (SSSR count). The van der Waals surface area contributed by atoms with Gasteiger partial charge in [-0.05, 0) is 12.1 Å². The van der Waals surface area contributed by atoms with Gasteiger partial charge >= 0.3 is 0 Å². The molecule has 0 aliphatic carbocycles. The number of nitrogens with zero attached hydrogens (tertiary/aromatic N) is 2. The topological polar surface area (TPSA) is 101 Å². The highest BCUT2D eigenvalue weighted by atomic mass is 35.5. The number of rotatable bonds is 7. The van der Waals surface area contributed by atoms with Crippen LogP contribution in [0.15, 0.2) is 46.0 Å². The molecule has 2 N–H and O–H groups in total. The molecule has 0 aliphatic rings. The van der Waals surface area contributed by atoms with Crippen molar-refractivity contribution in [3.8, 4) is 0 Å². The first-order valence-corrected chi connectivity index (χ1v) is 11.1. The molecule has 136 valence electrons. The highest BCUT2D eigenvalue weighted by Crippen LogP contribution is 2.21. The molecule has 1 aromatic carbocycles. The number of halogens is 1. The number of alkyl halides is 1. The van der Waals surface area contributed by atoms with Crippen molar-refractivity contribution in [1.29, 1.82) is 0 Å². The lowest BCUT2D eigenvalue weighted by Crippen LogP contribution is -2.15. The van der Waals surface area contributed by atoms with Crippen LogP contribution in [0.4, 0.5) is 10.3 Å². The number of sulfonamides is 1. The first-order valence-electron chi connectivity index (χ1n) is 7.29. The van der Waals surface area contributed by atoms with E-state index in [1.165, 1.54) is 23.5 Å². The van der Waals surface area contributed by atoms with Crippen molar-refractivity contribution in [1.82, 2.24) is 9.97 Å². The van der Waals surface area contributed by atoms with Crippen LogP contribution in [0.3, 0.4) is 0 Å². The Bertz CT molecular complexity index is 1000. The van der Waals surface area contributed by atoms with Crippen LogP contribution in [0, 0.1) is 0 Å². The SMILES string of the molecule is O=C(Cc1csc(NS(=O)(=O)c2ccccc2)n1)Nc1nc(CCl)cs1. The number of carbonyl (C=O) groups excluding carboxylic acids is 1. The van der Waals surface area contributed by atoms with Crippen molar-refractivity contribution in [2.24, 2.45) is 0 Å². The third kappa shape index (κ3) is 4.79. The largest absolute Gasteiger partial charge is 0.302 e. The van der Waals surface area contributed by atoms with Gasteiger partial charge in [0.25, 0.3) is 10.0 Å². The number of anilines is 2. The molecule has 0 saturated heterocycles. The third-order valence-corrected chi connectivity index (χ3v) is 6.47. The summed E-state index contributed by atoms with van der Waals surface area (Å²) in [5.41, 5.74) is 1.16. The monoisotopic (exact) mass is 428 g/mol. The molecule has 7 nitrogen and oxygen atoms in total. The van der Waals surface area contributed by atoms with Crippen LogP contribution in [-0.2, 0) is 27.1 Å². The fraction of sp³-hybridized carbons (Fsp3) is 0.133. The van der Waals surface area contributed by atoms with Gasteiger partial charge in [0.2, 0.25) is 5.91 Å². The second kappa shape index (κ2) is 8.12. The van der Waals surface area contributed by atoms with Gasteiger partial charge in [-0.15, -0.1) is 34.3 Å². The van der Waals surface area contributed by atoms with Crippen LogP contribution in [-0.4, -0.2) is 24.3 Å². The summed E-state index contributed by atoms with van der Waals surface area (Å²) in [6.45, 7) is 0. The molecule has 0 fully saturated rings. The molecule has 0 unspecified atom stereocenters. The van der Waals surface area contributed by atoms with E-state index >= 15 is 0 Å². The lowest BCUT2D eigenvalue weighted by atomic mass is 10.3. The molecule has 0 aliphatic heterocycles. The molecule has 3 aromatic rings. The Kier molecular flexibility index (Phi) is 5.87. The molecular weight excluding hydrogens is 416 g/mol. The summed E-state index contributed by atoms with van der Waals surface area (Å²) in [6, 6.07) is 8.00. The Morgan fingerprint density at radius 3 is 2.38 bits per heavy atom. The van der Waals surface area contributed by atoms with E-state index in [0.717, 1.165) is 11.3 Å². The Balaban J connectivity index is 1.61. The summed E-state index contributed by atoms with van der Waals surface area (Å²) in [4.78, 5) is 20.5. The first kappa shape index (κ1) is 18.8. The van der Waals surface area contributed by atoms with E-state index in [1.807, 2.05) is 0 Å². The van der Waals surface area contributed by atoms with E-state index in [9.17, 15) is 13.2 Å². The molecule has 0 bridgehead atoms. The summed E-state index contributed by atoms with van der Waals surface area (Å²) < 4.78 is 26.9. The highest BCUT2D eigenvalue weighted by Gasteiger charge is 2.16. The number of amides is 1. The second-order valence-electron chi connectivity index (χ2n) is 5.07. The minimum atomic E-state index is -3.70. The molecular formula is C15H13ClN4O3S3. The molecule has 11 heteroatoms. The predicted molar refractivity (Wildman–Crippen MR) is 103 cm³/mol. The van der Waals surface area contributed by atoms with E-state index in [0.29, 0.717) is 16.5 Å². The van der Waals surface area contributed by atoms with Gasteiger partial charge in [-0.3, -0.25) is 9.52 Å². The lowest BCUT2D eigenvalue weighted by Gasteiger charge is -2.04. The maximum absolute atomic E-state index is 12.3. The maximum Gasteiger partial charge on any atom is 0.263 e. The van der Waals surface area contributed by atoms with Crippen LogP contribution in [0.2, 0.25) is 0 Å². The zero-order chi connectivity index (χ0) is 18.6. The minimum absolute atomic E-state index is 0.0132. The molecule has 0 atom stereocenters. The normalized spacial score (nSPS) is 11.3. The molecule has 1 amide bonds. The van der Waals surface area contributed by atoms with E-state index in [4.69, 9.17) is 11.6 Å². The number of aromatic nitrogens is 2. The fourth-order valence-corrected chi connectivity index (χ4v) is 4.90. The van der Waals surface area contributed by atoms with Crippen molar-refractivity contribution in [2.75, 3.05) is 10.0 Å². The maximum atomic E-state index is 12.3. The molecule has 26 heavy (non-hydrogen) atoms. The average molecular weight is 429 g/mol. The van der Waals surface area contributed by atoms with Crippen LogP contribution >= 0.6 is 34.3 Å². The number of benzene rings is 1. The van der Waals surface area contributed by atoms with E-state index in [1.54, 1.807) is 29.0 Å². The predicted octanol–water partition coefficient (Wildman–Crippen LogP) is 3.32. The fourth-order valence-electron chi connectivity index (χ4n) is 1.96. The summed E-state index contributed by atoms with van der Waals surface area (Å²) in [6.07, 6.45) is 0.0132. The van der Waals surface area contributed by atoms with Gasteiger partial charge in [-0.1, -0.05) is 18.2 Å². The van der Waals surface area contributed by atoms with Crippen molar-refractivity contribution in [3.63, 3.8) is 0 Å². The van der Waals surface area contributed by atoms with Gasteiger partial charge in [0.15, 0.2) is 10.3 Å². The highest BCUT2D eigenvalue weighted by molar-refractivity contribution is 7.93. The summed E-state index contributed by atoms with van der Waals surface area (Å²) in [7, 11) is -3.70. The van der Waals surface area contributed by atoms with Crippen LogP contribution < -0.4 is 10.0 Å². The Labute approximate surface area is 163 Å². The standard InChI is InChI=1S/C15H13ClN4O3S3/c16-7-11-9-24-14(18-11)19-13(21)6-10-8-25-15(17-10)20-26(22,23)12-4-2-1-3-5-12/h1-5,8-9H,6-7H2,(H,17,20)(H,18,19,21). The van der Waals surface area contributed by atoms with Gasteiger partial charge in [0, 0.05) is 10.8 Å². The summed E-state index contributed by atoms with van der Waals surface area (Å²) in [5.74, 6) is -0.00754. The zero-order valence-corrected chi connectivity index (χ0v) is 16.4. The Morgan fingerprint density at radius 2 is 1.69 bits per heavy atom. The first-order chi connectivity index (χ1) is 12.5. The number of hydrogen-bond acceptors (Lipinski definition) is 7. The lowest BCUT2D eigenvalue weighted by molar-refractivity contribution is -0.115. The van der Waals surface area contributed by atoms with E-state index in [-0.39, 0.29) is 28.2 Å². The Hall–Kier alpha value is -2.01. The van der Waals surface area contributed by atoms with Gasteiger partial charge in [-0.25, -0.2) is 18.4 Å². The minimum Gasteiger partial charge on any atom is -0.302 e. The molecule has 0 spiro atoms. The number of thiazole rings is 2. The van der Waals surface area contributed by atoms with Crippen molar-refractivity contribution >= 4 is 60.5 Å². The number of hydrogen-bond donors (Lipinski definition) is 2. The second-order valence-corrected chi connectivity index (χ2v) is 8.73. The average Bonchev–Trinajstić information content (AvgIpc) is 3.24. The van der Waals surface area contributed by atoms with Gasteiger partial charge in [0.05, 0.1) is 28.6 Å². The van der Waals surface area contributed by atoms with Gasteiger partial charge < -0.3 is 5.32 Å².